The number of pyridine rings is 1. The first kappa shape index (κ1) is 18.1. The van der Waals surface area contributed by atoms with Gasteiger partial charge in [-0.25, -0.2) is 9.97 Å². The van der Waals surface area contributed by atoms with Gasteiger partial charge >= 0.3 is 0 Å². The van der Waals surface area contributed by atoms with E-state index < -0.39 is 0 Å². The van der Waals surface area contributed by atoms with E-state index in [-0.39, 0.29) is 18.0 Å². The Morgan fingerprint density at radius 1 is 1.29 bits per heavy atom. The maximum atomic E-state index is 12.9. The highest BCUT2D eigenvalue weighted by molar-refractivity contribution is 7.25. The molecule has 142 valence electrons. The standard InChI is InChI=1S/C20H18N4O3S/c1-11-7-12(2)22-19-16(11)17-18(28-19)20(26)24(10-21-17)9-15(25)23-13-5-4-6-14(8-13)27-3/h4-8,10H,9H2,1-3H3,(H,23,25). The molecule has 0 aliphatic rings. The molecule has 0 aliphatic heterocycles. The maximum absolute atomic E-state index is 12.9. The molecule has 0 unspecified atom stereocenters. The van der Waals surface area contributed by atoms with Gasteiger partial charge in [0.15, 0.2) is 0 Å². The zero-order valence-corrected chi connectivity index (χ0v) is 16.5. The van der Waals surface area contributed by atoms with Crippen molar-refractivity contribution in [2.24, 2.45) is 0 Å². The summed E-state index contributed by atoms with van der Waals surface area (Å²) in [5.41, 5.74) is 2.93. The van der Waals surface area contributed by atoms with Crippen LogP contribution in [0.4, 0.5) is 5.69 Å². The molecule has 0 fully saturated rings. The number of carbonyl (C=O) groups excluding carboxylic acids is 1. The number of carbonyl (C=O) groups is 1. The number of nitrogens with one attached hydrogen (secondary N) is 1. The topological polar surface area (TPSA) is 86.1 Å². The number of thiophene rings is 1. The van der Waals surface area contributed by atoms with E-state index in [2.05, 4.69) is 15.3 Å². The van der Waals surface area contributed by atoms with Crippen molar-refractivity contribution in [3.63, 3.8) is 0 Å². The minimum atomic E-state index is -0.317. The van der Waals surface area contributed by atoms with E-state index in [1.54, 1.807) is 31.4 Å². The number of benzene rings is 1. The minimum Gasteiger partial charge on any atom is -0.497 e. The van der Waals surface area contributed by atoms with Gasteiger partial charge in [-0.05, 0) is 37.6 Å². The van der Waals surface area contributed by atoms with Gasteiger partial charge in [-0.15, -0.1) is 11.3 Å². The van der Waals surface area contributed by atoms with Gasteiger partial charge in [-0.1, -0.05) is 6.07 Å². The Bertz CT molecular complexity index is 1280. The van der Waals surface area contributed by atoms with Crippen LogP contribution in [0.2, 0.25) is 0 Å². The van der Waals surface area contributed by atoms with Gasteiger partial charge in [0.25, 0.3) is 5.56 Å². The number of hydrogen-bond acceptors (Lipinski definition) is 6. The van der Waals surface area contributed by atoms with Crippen molar-refractivity contribution >= 4 is 43.4 Å². The van der Waals surface area contributed by atoms with Crippen molar-refractivity contribution in [3.8, 4) is 5.75 Å². The molecule has 0 radical (unpaired) electrons. The number of aryl methyl sites for hydroxylation is 2. The predicted octanol–water partition coefficient (Wildman–Crippen LogP) is 3.27. The number of anilines is 1. The number of rotatable bonds is 4. The molecule has 1 aromatic carbocycles. The van der Waals surface area contributed by atoms with E-state index >= 15 is 0 Å². The molecule has 0 spiro atoms. The molecule has 4 rings (SSSR count). The van der Waals surface area contributed by atoms with Crippen LogP contribution in [0.15, 0.2) is 41.5 Å². The summed E-state index contributed by atoms with van der Waals surface area (Å²) < 4.78 is 6.97. The van der Waals surface area contributed by atoms with Crippen LogP contribution in [0.5, 0.6) is 5.75 Å². The summed E-state index contributed by atoms with van der Waals surface area (Å²) in [4.78, 5) is 35.0. The monoisotopic (exact) mass is 394 g/mol. The molecule has 0 saturated heterocycles. The number of ether oxygens (including phenoxy) is 1. The maximum Gasteiger partial charge on any atom is 0.271 e. The summed E-state index contributed by atoms with van der Waals surface area (Å²) in [6.07, 6.45) is 1.42. The number of amides is 1. The first-order chi connectivity index (χ1) is 13.5. The fourth-order valence-electron chi connectivity index (χ4n) is 3.17. The molecule has 7 nitrogen and oxygen atoms in total. The minimum absolute atomic E-state index is 0.126. The molecule has 8 heteroatoms. The molecule has 0 bridgehead atoms. The number of hydrogen-bond donors (Lipinski definition) is 1. The van der Waals surface area contributed by atoms with Gasteiger partial charge in [-0.3, -0.25) is 14.2 Å². The molecule has 0 atom stereocenters. The van der Waals surface area contributed by atoms with E-state index in [0.29, 0.717) is 21.7 Å². The van der Waals surface area contributed by atoms with Crippen LogP contribution >= 0.6 is 11.3 Å². The van der Waals surface area contributed by atoms with Crippen LogP contribution in [-0.2, 0) is 11.3 Å². The van der Waals surface area contributed by atoms with Crippen LogP contribution in [0, 0.1) is 13.8 Å². The van der Waals surface area contributed by atoms with Gasteiger partial charge in [-0.2, -0.15) is 0 Å². The third-order valence-corrected chi connectivity index (χ3v) is 5.47. The van der Waals surface area contributed by atoms with Crippen LogP contribution < -0.4 is 15.6 Å². The van der Waals surface area contributed by atoms with Crippen molar-refractivity contribution < 1.29 is 9.53 Å². The lowest BCUT2D eigenvalue weighted by Gasteiger charge is -2.08. The third kappa shape index (κ3) is 3.22. The van der Waals surface area contributed by atoms with Gasteiger partial charge < -0.3 is 10.1 Å². The fourth-order valence-corrected chi connectivity index (χ4v) is 4.37. The molecule has 0 saturated carbocycles. The summed E-state index contributed by atoms with van der Waals surface area (Å²) in [5.74, 6) is 0.323. The largest absolute Gasteiger partial charge is 0.497 e. The van der Waals surface area contributed by atoms with Gasteiger partial charge in [0.05, 0.1) is 19.0 Å². The molecule has 4 aromatic rings. The van der Waals surface area contributed by atoms with E-state index in [1.807, 2.05) is 19.9 Å². The zero-order valence-electron chi connectivity index (χ0n) is 15.6. The first-order valence-electron chi connectivity index (χ1n) is 8.66. The molecule has 1 amide bonds. The highest BCUT2D eigenvalue weighted by atomic mass is 32.1. The quantitative estimate of drug-likeness (QED) is 0.574. The number of methoxy groups -OCH3 is 1. The van der Waals surface area contributed by atoms with Gasteiger partial charge in [0, 0.05) is 22.8 Å². The van der Waals surface area contributed by atoms with Gasteiger partial charge in [0.2, 0.25) is 5.91 Å². The smallest absolute Gasteiger partial charge is 0.271 e. The van der Waals surface area contributed by atoms with Crippen molar-refractivity contribution in [1.29, 1.82) is 0 Å². The molecule has 28 heavy (non-hydrogen) atoms. The second kappa shape index (κ2) is 7.05. The zero-order chi connectivity index (χ0) is 19.8. The average Bonchev–Trinajstić information content (AvgIpc) is 3.03. The van der Waals surface area contributed by atoms with Gasteiger partial charge in [0.1, 0.15) is 21.8 Å². The highest BCUT2D eigenvalue weighted by Gasteiger charge is 2.16. The Kier molecular flexibility index (Phi) is 4.56. The van der Waals surface area contributed by atoms with Crippen LogP contribution in [-0.4, -0.2) is 27.6 Å². The van der Waals surface area contributed by atoms with Crippen LogP contribution in [0.1, 0.15) is 11.3 Å². The van der Waals surface area contributed by atoms with E-state index in [1.165, 1.54) is 22.2 Å². The highest BCUT2D eigenvalue weighted by Crippen LogP contribution is 2.31. The Morgan fingerprint density at radius 2 is 2.11 bits per heavy atom. The van der Waals surface area contributed by atoms with E-state index in [0.717, 1.165) is 21.5 Å². The lowest BCUT2D eigenvalue weighted by Crippen LogP contribution is -2.27. The Balaban J connectivity index is 1.66. The Labute approximate surface area is 164 Å². The normalized spacial score (nSPS) is 11.1. The third-order valence-electron chi connectivity index (χ3n) is 4.41. The molecule has 0 aliphatic carbocycles. The Hall–Kier alpha value is -3.26. The lowest BCUT2D eigenvalue weighted by molar-refractivity contribution is -0.116. The number of fused-ring (bicyclic) bond motifs is 3. The number of aromatic nitrogens is 3. The fraction of sp³-hybridized carbons (Fsp3) is 0.200. The van der Waals surface area contributed by atoms with Crippen molar-refractivity contribution in [1.82, 2.24) is 14.5 Å². The summed E-state index contributed by atoms with van der Waals surface area (Å²) in [6.45, 7) is 3.78. The Morgan fingerprint density at radius 3 is 2.89 bits per heavy atom. The second-order valence-electron chi connectivity index (χ2n) is 6.50. The van der Waals surface area contributed by atoms with Crippen LogP contribution in [0.25, 0.3) is 20.4 Å². The molecular weight excluding hydrogens is 376 g/mol. The SMILES string of the molecule is COc1cccc(NC(=O)Cn2cnc3c(sc4nc(C)cc(C)c43)c2=O)c1. The lowest BCUT2D eigenvalue weighted by atomic mass is 10.1. The summed E-state index contributed by atoms with van der Waals surface area (Å²) in [7, 11) is 1.56. The van der Waals surface area contributed by atoms with E-state index in [4.69, 9.17) is 4.74 Å². The molecule has 3 heterocycles. The average molecular weight is 394 g/mol. The van der Waals surface area contributed by atoms with Crippen molar-refractivity contribution in [2.75, 3.05) is 12.4 Å². The van der Waals surface area contributed by atoms with Crippen LogP contribution in [0.3, 0.4) is 0 Å². The number of nitrogens with zero attached hydrogens (tertiary/aromatic N) is 3. The van der Waals surface area contributed by atoms with E-state index in [9.17, 15) is 9.59 Å². The van der Waals surface area contributed by atoms with Crippen molar-refractivity contribution in [3.05, 3.63) is 58.3 Å². The second-order valence-corrected chi connectivity index (χ2v) is 7.50. The molecular formula is C20H18N4O3S. The summed E-state index contributed by atoms with van der Waals surface area (Å²) in [6, 6.07) is 9.02. The molecule has 3 aromatic heterocycles. The predicted molar refractivity (Wildman–Crippen MR) is 110 cm³/mol. The first-order valence-corrected chi connectivity index (χ1v) is 9.47. The molecule has 1 N–H and O–H groups in total. The van der Waals surface area contributed by atoms with Crippen molar-refractivity contribution in [2.45, 2.75) is 20.4 Å². The summed E-state index contributed by atoms with van der Waals surface area (Å²) >= 11 is 1.31. The summed E-state index contributed by atoms with van der Waals surface area (Å²) in [5, 5.41) is 3.67.